The average Bonchev–Trinajstić information content (AvgIpc) is 3.08. The number of amides is 1. The number of rotatable bonds is 4. The SMILES string of the molecule is Cc1ccc(C=NN(C(=O)OC(C)(C)C)c2ccc(-c3ocnc3I)cc2)cc1. The van der Waals surface area contributed by atoms with Gasteiger partial charge in [0.05, 0.1) is 11.9 Å². The maximum Gasteiger partial charge on any atom is 0.435 e. The van der Waals surface area contributed by atoms with Gasteiger partial charge in [0.1, 0.15) is 9.30 Å². The van der Waals surface area contributed by atoms with Crippen LogP contribution in [-0.2, 0) is 4.74 Å². The lowest BCUT2D eigenvalue weighted by molar-refractivity contribution is 0.0581. The van der Waals surface area contributed by atoms with Gasteiger partial charge in [-0.15, -0.1) is 0 Å². The fourth-order valence-corrected chi connectivity index (χ4v) is 3.03. The zero-order valence-corrected chi connectivity index (χ0v) is 18.9. The van der Waals surface area contributed by atoms with Crippen LogP contribution in [0.25, 0.3) is 11.3 Å². The predicted molar refractivity (Wildman–Crippen MR) is 122 cm³/mol. The Bertz CT molecular complexity index is 1000. The van der Waals surface area contributed by atoms with Gasteiger partial charge in [0.25, 0.3) is 0 Å². The van der Waals surface area contributed by atoms with E-state index < -0.39 is 11.7 Å². The van der Waals surface area contributed by atoms with E-state index in [2.05, 4.69) is 32.7 Å². The molecule has 0 atom stereocenters. The molecule has 7 heteroatoms. The molecule has 3 aromatic rings. The summed E-state index contributed by atoms with van der Waals surface area (Å²) < 4.78 is 11.7. The Balaban J connectivity index is 1.90. The summed E-state index contributed by atoms with van der Waals surface area (Å²) in [7, 11) is 0. The highest BCUT2D eigenvalue weighted by Gasteiger charge is 2.23. The molecular formula is C22H22IN3O3. The highest BCUT2D eigenvalue weighted by atomic mass is 127. The van der Waals surface area contributed by atoms with E-state index in [9.17, 15) is 4.79 Å². The number of oxazole rings is 1. The molecule has 0 aliphatic heterocycles. The van der Waals surface area contributed by atoms with Gasteiger partial charge in [-0.1, -0.05) is 29.8 Å². The van der Waals surface area contributed by atoms with Crippen LogP contribution in [0.2, 0.25) is 0 Å². The van der Waals surface area contributed by atoms with Crippen LogP contribution in [0.5, 0.6) is 0 Å². The summed E-state index contributed by atoms with van der Waals surface area (Å²) in [5.74, 6) is 0.684. The molecule has 0 saturated carbocycles. The third-order valence-electron chi connectivity index (χ3n) is 3.86. The van der Waals surface area contributed by atoms with E-state index in [0.717, 1.165) is 20.4 Å². The Morgan fingerprint density at radius 3 is 2.34 bits per heavy atom. The molecule has 29 heavy (non-hydrogen) atoms. The van der Waals surface area contributed by atoms with Crippen molar-refractivity contribution in [1.82, 2.24) is 4.98 Å². The van der Waals surface area contributed by atoms with Crippen LogP contribution in [0.4, 0.5) is 10.5 Å². The number of hydrogen-bond acceptors (Lipinski definition) is 5. The Hall–Kier alpha value is -2.68. The summed E-state index contributed by atoms with van der Waals surface area (Å²) in [5, 5.41) is 5.63. The van der Waals surface area contributed by atoms with Gasteiger partial charge in [-0.2, -0.15) is 10.1 Å². The topological polar surface area (TPSA) is 67.9 Å². The lowest BCUT2D eigenvalue weighted by atomic mass is 10.1. The molecule has 2 aromatic carbocycles. The van der Waals surface area contributed by atoms with Crippen LogP contribution >= 0.6 is 22.6 Å². The maximum absolute atomic E-state index is 12.8. The van der Waals surface area contributed by atoms with Crippen molar-refractivity contribution in [3.63, 3.8) is 0 Å². The van der Waals surface area contributed by atoms with Gasteiger partial charge in [0, 0.05) is 5.56 Å². The zero-order valence-electron chi connectivity index (χ0n) is 16.7. The molecule has 0 bridgehead atoms. The van der Waals surface area contributed by atoms with E-state index in [1.54, 1.807) is 18.3 Å². The third kappa shape index (κ3) is 5.66. The van der Waals surface area contributed by atoms with Gasteiger partial charge in [-0.25, -0.2) is 9.78 Å². The zero-order chi connectivity index (χ0) is 21.0. The van der Waals surface area contributed by atoms with E-state index in [1.165, 1.54) is 11.4 Å². The predicted octanol–water partition coefficient (Wildman–Crippen LogP) is 6.03. The molecule has 6 nitrogen and oxygen atoms in total. The Morgan fingerprint density at radius 2 is 1.79 bits per heavy atom. The van der Waals surface area contributed by atoms with Crippen molar-refractivity contribution in [1.29, 1.82) is 0 Å². The van der Waals surface area contributed by atoms with Crippen LogP contribution in [0.1, 0.15) is 31.9 Å². The maximum atomic E-state index is 12.8. The van der Waals surface area contributed by atoms with E-state index in [1.807, 2.05) is 64.1 Å². The molecule has 3 rings (SSSR count). The number of hydrogen-bond donors (Lipinski definition) is 0. The molecule has 0 saturated heterocycles. The molecule has 0 fully saturated rings. The minimum absolute atomic E-state index is 0.553. The smallest absolute Gasteiger partial charge is 0.435 e. The third-order valence-corrected chi connectivity index (χ3v) is 4.63. The lowest BCUT2D eigenvalue weighted by Crippen LogP contribution is -2.33. The van der Waals surface area contributed by atoms with Crippen LogP contribution < -0.4 is 5.01 Å². The Morgan fingerprint density at radius 1 is 1.14 bits per heavy atom. The van der Waals surface area contributed by atoms with Crippen LogP contribution in [-0.4, -0.2) is 22.9 Å². The second kappa shape index (κ2) is 8.77. The van der Waals surface area contributed by atoms with Gasteiger partial charge < -0.3 is 9.15 Å². The summed E-state index contributed by atoms with van der Waals surface area (Å²) in [5.41, 5.74) is 2.86. The number of aryl methyl sites for hydroxylation is 1. The van der Waals surface area contributed by atoms with Crippen molar-refractivity contribution < 1.29 is 13.9 Å². The number of ether oxygens (including phenoxy) is 1. The van der Waals surface area contributed by atoms with Crippen molar-refractivity contribution in [3.05, 3.63) is 69.8 Å². The second-order valence-electron chi connectivity index (χ2n) is 7.47. The Labute approximate surface area is 183 Å². The highest BCUT2D eigenvalue weighted by Crippen LogP contribution is 2.27. The number of carbonyl (C=O) groups excluding carboxylic acids is 1. The number of carbonyl (C=O) groups is 1. The first-order valence-electron chi connectivity index (χ1n) is 9.06. The molecule has 0 N–H and O–H groups in total. The quantitative estimate of drug-likeness (QED) is 0.248. The molecule has 0 radical (unpaired) electrons. The van der Waals surface area contributed by atoms with Crippen molar-refractivity contribution in [2.75, 3.05) is 5.01 Å². The number of aromatic nitrogens is 1. The van der Waals surface area contributed by atoms with Gasteiger partial charge in [0.2, 0.25) is 0 Å². The first-order valence-corrected chi connectivity index (χ1v) is 10.1. The summed E-state index contributed by atoms with van der Waals surface area (Å²) >= 11 is 2.12. The van der Waals surface area contributed by atoms with Gasteiger partial charge >= 0.3 is 6.09 Å². The minimum atomic E-state index is -0.634. The van der Waals surface area contributed by atoms with Crippen molar-refractivity contribution >= 4 is 40.6 Å². The summed E-state index contributed by atoms with van der Waals surface area (Å²) in [6.07, 6.45) is 2.49. The summed E-state index contributed by atoms with van der Waals surface area (Å²) in [4.78, 5) is 16.9. The van der Waals surface area contributed by atoms with E-state index in [0.29, 0.717) is 11.4 Å². The van der Waals surface area contributed by atoms with E-state index in [-0.39, 0.29) is 0 Å². The van der Waals surface area contributed by atoms with E-state index in [4.69, 9.17) is 9.15 Å². The second-order valence-corrected chi connectivity index (χ2v) is 8.49. The molecule has 1 heterocycles. The Kier molecular flexibility index (Phi) is 6.36. The first-order chi connectivity index (χ1) is 13.7. The monoisotopic (exact) mass is 503 g/mol. The molecule has 1 aromatic heterocycles. The van der Waals surface area contributed by atoms with Crippen LogP contribution in [0, 0.1) is 10.6 Å². The van der Waals surface area contributed by atoms with Gasteiger partial charge in [-0.3, -0.25) is 0 Å². The average molecular weight is 503 g/mol. The molecule has 0 aliphatic carbocycles. The standard InChI is InChI=1S/C22H22IN3O3/c1-15-5-7-16(8-6-15)13-25-26(21(27)29-22(2,3)4)18-11-9-17(10-12-18)19-20(23)24-14-28-19/h5-14H,1-4H3. The molecule has 0 unspecified atom stereocenters. The molecule has 150 valence electrons. The number of anilines is 1. The van der Waals surface area contributed by atoms with Crippen molar-refractivity contribution in [2.45, 2.75) is 33.3 Å². The highest BCUT2D eigenvalue weighted by molar-refractivity contribution is 14.1. The normalized spacial score (nSPS) is 11.6. The molecule has 1 amide bonds. The molecule has 0 aliphatic rings. The fourth-order valence-electron chi connectivity index (χ4n) is 2.48. The largest absolute Gasteiger partial charge is 0.442 e. The first kappa shape index (κ1) is 21.0. The molecule has 0 spiro atoms. The van der Waals surface area contributed by atoms with Crippen molar-refractivity contribution in [2.24, 2.45) is 5.10 Å². The number of nitrogens with zero attached hydrogens (tertiary/aromatic N) is 3. The van der Waals surface area contributed by atoms with E-state index >= 15 is 0 Å². The number of benzene rings is 2. The van der Waals surface area contributed by atoms with Crippen molar-refractivity contribution in [3.8, 4) is 11.3 Å². The lowest BCUT2D eigenvalue weighted by Gasteiger charge is -2.24. The van der Waals surface area contributed by atoms with Crippen LogP contribution in [0.3, 0.4) is 0 Å². The van der Waals surface area contributed by atoms with Gasteiger partial charge in [0.15, 0.2) is 12.2 Å². The summed E-state index contributed by atoms with van der Waals surface area (Å²) in [6, 6.07) is 15.2. The van der Waals surface area contributed by atoms with Crippen LogP contribution in [0.15, 0.2) is 64.4 Å². The molecular weight excluding hydrogens is 481 g/mol. The number of hydrazone groups is 1. The minimum Gasteiger partial charge on any atom is -0.442 e. The van der Waals surface area contributed by atoms with Gasteiger partial charge in [-0.05, 0) is 80.1 Å². The fraction of sp³-hybridized carbons (Fsp3) is 0.227. The number of halogens is 1. The summed E-state index contributed by atoms with van der Waals surface area (Å²) in [6.45, 7) is 7.48.